The highest BCUT2D eigenvalue weighted by molar-refractivity contribution is 6.31. The molecule has 3 nitrogen and oxygen atoms in total. The molecule has 2 atom stereocenters. The van der Waals surface area contributed by atoms with Gasteiger partial charge in [-0.05, 0) is 43.7 Å². The Labute approximate surface area is 117 Å². The molecule has 5 heteroatoms. The van der Waals surface area contributed by atoms with Crippen LogP contribution in [0.1, 0.15) is 19.4 Å². The van der Waals surface area contributed by atoms with Gasteiger partial charge in [0.2, 0.25) is 5.91 Å². The number of amides is 1. The lowest BCUT2D eigenvalue weighted by molar-refractivity contribution is -0.130. The molecule has 0 fully saturated rings. The average Bonchev–Trinajstić information content (AvgIpc) is 2.37. The summed E-state index contributed by atoms with van der Waals surface area (Å²) in [5.74, 6) is -0.760. The number of benzene rings is 1. The molecular weight excluding hydrogens is 269 g/mol. The summed E-state index contributed by atoms with van der Waals surface area (Å²) in [4.78, 5) is 13.2. The molecule has 0 saturated heterocycles. The lowest BCUT2D eigenvalue weighted by atomic mass is 10.1. The molecule has 0 aliphatic heterocycles. The third-order valence-electron chi connectivity index (χ3n) is 3.00. The highest BCUT2D eigenvalue weighted by Crippen LogP contribution is 2.21. The second kappa shape index (κ2) is 6.68. The van der Waals surface area contributed by atoms with Crippen molar-refractivity contribution in [3.63, 3.8) is 0 Å². The van der Waals surface area contributed by atoms with Crippen LogP contribution in [0.25, 0.3) is 0 Å². The largest absolute Gasteiger partial charge is 0.391 e. The van der Waals surface area contributed by atoms with E-state index in [1.807, 2.05) is 0 Å². The summed E-state index contributed by atoms with van der Waals surface area (Å²) in [6.45, 7) is 6.84. The third-order valence-corrected chi connectivity index (χ3v) is 3.36. The van der Waals surface area contributed by atoms with Crippen molar-refractivity contribution in [2.75, 3.05) is 0 Å². The van der Waals surface area contributed by atoms with Gasteiger partial charge in [-0.15, -0.1) is 0 Å². The number of aliphatic hydroxyl groups excluding tert-OH is 1. The Kier molecular flexibility index (Phi) is 5.51. The first-order valence-electron chi connectivity index (χ1n) is 5.91. The minimum Gasteiger partial charge on any atom is -0.391 e. The minimum absolute atomic E-state index is 0.119. The summed E-state index contributed by atoms with van der Waals surface area (Å²) in [7, 11) is 0. The highest BCUT2D eigenvalue weighted by Gasteiger charge is 2.22. The fourth-order valence-corrected chi connectivity index (χ4v) is 1.83. The van der Waals surface area contributed by atoms with Gasteiger partial charge < -0.3 is 10.0 Å². The molecule has 0 heterocycles. The molecule has 104 valence electrons. The van der Waals surface area contributed by atoms with Crippen molar-refractivity contribution in [3.05, 3.63) is 47.3 Å². The maximum absolute atomic E-state index is 13.2. The SMILES string of the molecule is C=CC(=O)N(Cc1cc(F)ccc1Cl)[C@@H](C)[C@H](C)O. The Hall–Kier alpha value is -1.39. The van der Waals surface area contributed by atoms with Crippen molar-refractivity contribution in [2.24, 2.45) is 0 Å². The lowest BCUT2D eigenvalue weighted by Gasteiger charge is -2.30. The van der Waals surface area contributed by atoms with Gasteiger partial charge in [-0.3, -0.25) is 4.79 Å². The zero-order valence-electron chi connectivity index (χ0n) is 10.9. The molecule has 1 amide bonds. The number of hydrogen-bond acceptors (Lipinski definition) is 2. The fourth-order valence-electron chi connectivity index (χ4n) is 1.65. The molecule has 1 rings (SSSR count). The Morgan fingerprint density at radius 1 is 1.58 bits per heavy atom. The Morgan fingerprint density at radius 2 is 2.21 bits per heavy atom. The van der Waals surface area contributed by atoms with Crippen molar-refractivity contribution in [2.45, 2.75) is 32.5 Å². The second-order valence-corrected chi connectivity index (χ2v) is 4.79. The van der Waals surface area contributed by atoms with Crippen molar-refractivity contribution in [3.8, 4) is 0 Å². The van der Waals surface area contributed by atoms with Crippen molar-refractivity contribution < 1.29 is 14.3 Å². The topological polar surface area (TPSA) is 40.5 Å². The molecule has 0 saturated carbocycles. The van der Waals surface area contributed by atoms with E-state index in [9.17, 15) is 14.3 Å². The molecule has 19 heavy (non-hydrogen) atoms. The van der Waals surface area contributed by atoms with Crippen molar-refractivity contribution in [1.29, 1.82) is 0 Å². The number of aliphatic hydroxyl groups is 1. The first kappa shape index (κ1) is 15.7. The van der Waals surface area contributed by atoms with Crippen molar-refractivity contribution in [1.82, 2.24) is 4.90 Å². The van der Waals surface area contributed by atoms with Crippen LogP contribution in [0.3, 0.4) is 0 Å². The van der Waals surface area contributed by atoms with E-state index in [-0.39, 0.29) is 12.5 Å². The Bertz CT molecular complexity index is 477. The second-order valence-electron chi connectivity index (χ2n) is 4.39. The lowest BCUT2D eigenvalue weighted by Crippen LogP contribution is -2.43. The van der Waals surface area contributed by atoms with Gasteiger partial charge in [0.25, 0.3) is 0 Å². The van der Waals surface area contributed by atoms with E-state index in [4.69, 9.17) is 11.6 Å². The molecule has 0 unspecified atom stereocenters. The van der Waals surface area contributed by atoms with Crippen LogP contribution in [-0.4, -0.2) is 28.1 Å². The van der Waals surface area contributed by atoms with Gasteiger partial charge in [-0.1, -0.05) is 18.2 Å². The van der Waals surface area contributed by atoms with Crippen LogP contribution in [0.2, 0.25) is 5.02 Å². The van der Waals surface area contributed by atoms with Crippen LogP contribution in [0.15, 0.2) is 30.9 Å². The molecule has 0 bridgehead atoms. The van der Waals surface area contributed by atoms with Crippen LogP contribution in [0.4, 0.5) is 4.39 Å². The predicted molar refractivity (Wildman–Crippen MR) is 73.3 cm³/mol. The smallest absolute Gasteiger partial charge is 0.246 e. The molecule has 0 aliphatic rings. The zero-order chi connectivity index (χ0) is 14.6. The molecule has 1 aromatic carbocycles. The summed E-state index contributed by atoms with van der Waals surface area (Å²) in [6, 6.07) is 3.55. The first-order chi connectivity index (χ1) is 8.86. The van der Waals surface area contributed by atoms with Crippen LogP contribution in [-0.2, 0) is 11.3 Å². The van der Waals surface area contributed by atoms with Gasteiger partial charge in [-0.25, -0.2) is 4.39 Å². The van der Waals surface area contributed by atoms with Gasteiger partial charge >= 0.3 is 0 Å². The van der Waals surface area contributed by atoms with Crippen LogP contribution in [0, 0.1) is 5.82 Å². The minimum atomic E-state index is -0.712. The maximum atomic E-state index is 13.2. The highest BCUT2D eigenvalue weighted by atomic mass is 35.5. The van der Waals surface area contributed by atoms with E-state index < -0.39 is 18.0 Å². The van der Waals surface area contributed by atoms with E-state index in [0.29, 0.717) is 10.6 Å². The summed E-state index contributed by atoms with van der Waals surface area (Å²) >= 11 is 5.98. The van der Waals surface area contributed by atoms with Crippen LogP contribution < -0.4 is 0 Å². The summed E-state index contributed by atoms with van der Waals surface area (Å²) in [5, 5.41) is 9.98. The zero-order valence-corrected chi connectivity index (χ0v) is 11.7. The van der Waals surface area contributed by atoms with E-state index >= 15 is 0 Å². The maximum Gasteiger partial charge on any atom is 0.246 e. The Morgan fingerprint density at radius 3 is 2.74 bits per heavy atom. The number of rotatable bonds is 5. The van der Waals surface area contributed by atoms with E-state index in [0.717, 1.165) is 6.08 Å². The molecule has 1 aromatic rings. The molecule has 0 radical (unpaired) electrons. The quantitative estimate of drug-likeness (QED) is 0.845. The molecule has 0 spiro atoms. The van der Waals surface area contributed by atoms with Crippen LogP contribution >= 0.6 is 11.6 Å². The monoisotopic (exact) mass is 285 g/mol. The standard InChI is InChI=1S/C14H17ClFNO2/c1-4-14(19)17(9(2)10(3)18)8-11-7-12(16)5-6-13(11)15/h4-7,9-10,18H,1,8H2,2-3H3/t9-,10-/m0/s1. The molecule has 0 aromatic heterocycles. The van der Waals surface area contributed by atoms with Crippen LogP contribution in [0.5, 0.6) is 0 Å². The van der Waals surface area contributed by atoms with Gasteiger partial charge in [-0.2, -0.15) is 0 Å². The summed E-state index contributed by atoms with van der Waals surface area (Å²) in [5.41, 5.74) is 0.490. The van der Waals surface area contributed by atoms with Gasteiger partial charge in [0, 0.05) is 11.6 Å². The fraction of sp³-hybridized carbons (Fsp3) is 0.357. The van der Waals surface area contributed by atoms with E-state index in [2.05, 4.69) is 6.58 Å². The number of carbonyl (C=O) groups excluding carboxylic acids is 1. The van der Waals surface area contributed by atoms with Gasteiger partial charge in [0.1, 0.15) is 5.82 Å². The van der Waals surface area contributed by atoms with E-state index in [1.54, 1.807) is 13.8 Å². The normalized spacial score (nSPS) is 13.7. The molecule has 0 aliphatic carbocycles. The number of carbonyl (C=O) groups is 1. The first-order valence-corrected chi connectivity index (χ1v) is 6.29. The number of hydrogen-bond donors (Lipinski definition) is 1. The summed E-state index contributed by atoms with van der Waals surface area (Å²) < 4.78 is 13.2. The number of halogens is 2. The van der Waals surface area contributed by atoms with Gasteiger partial charge in [0.05, 0.1) is 12.1 Å². The van der Waals surface area contributed by atoms with E-state index in [1.165, 1.54) is 23.1 Å². The summed E-state index contributed by atoms with van der Waals surface area (Å²) in [6.07, 6.45) is 0.447. The number of nitrogens with zero attached hydrogens (tertiary/aromatic N) is 1. The Balaban J connectivity index is 3.03. The predicted octanol–water partition coefficient (Wildman–Crippen LogP) is 2.76. The third kappa shape index (κ3) is 4.04. The van der Waals surface area contributed by atoms with Crippen molar-refractivity contribution >= 4 is 17.5 Å². The molecular formula is C14H17ClFNO2. The van der Waals surface area contributed by atoms with Gasteiger partial charge in [0.15, 0.2) is 0 Å². The average molecular weight is 286 g/mol. The molecule has 1 N–H and O–H groups in total.